The highest BCUT2D eigenvalue weighted by atomic mass is 16.5. The maximum Gasteiger partial charge on any atom is 0.167 e. The third-order valence-electron chi connectivity index (χ3n) is 2.87. The lowest BCUT2D eigenvalue weighted by Gasteiger charge is -2.17. The first-order valence-corrected chi connectivity index (χ1v) is 6.33. The molecule has 0 aliphatic heterocycles. The van der Waals surface area contributed by atoms with E-state index in [2.05, 4.69) is 11.2 Å². The van der Waals surface area contributed by atoms with Crippen molar-refractivity contribution in [2.45, 2.75) is 25.9 Å². The number of rotatable bonds is 8. The third-order valence-corrected chi connectivity index (χ3v) is 2.87. The molecule has 0 heterocycles. The third kappa shape index (κ3) is 4.47. The van der Waals surface area contributed by atoms with Gasteiger partial charge >= 0.3 is 0 Å². The van der Waals surface area contributed by atoms with Crippen LogP contribution in [-0.4, -0.2) is 31.5 Å². The highest BCUT2D eigenvalue weighted by Crippen LogP contribution is 2.31. The largest absolute Gasteiger partial charge is 0.493 e. The predicted molar refractivity (Wildman–Crippen MR) is 75.3 cm³/mol. The van der Waals surface area contributed by atoms with E-state index in [9.17, 15) is 5.11 Å². The molecule has 0 saturated heterocycles. The van der Waals surface area contributed by atoms with Gasteiger partial charge in [0.2, 0.25) is 0 Å². The Bertz CT molecular complexity index is 422. The van der Waals surface area contributed by atoms with E-state index in [1.165, 1.54) is 0 Å². The van der Waals surface area contributed by atoms with E-state index in [4.69, 9.17) is 15.9 Å². The summed E-state index contributed by atoms with van der Waals surface area (Å²) in [6.07, 6.45) is 6.08. The number of aliphatic hydroxyl groups excluding tert-OH is 1. The summed E-state index contributed by atoms with van der Waals surface area (Å²) in [6, 6.07) is 5.76. The zero-order valence-corrected chi connectivity index (χ0v) is 11.5. The van der Waals surface area contributed by atoms with Gasteiger partial charge in [-0.2, -0.15) is 0 Å². The van der Waals surface area contributed by atoms with Gasteiger partial charge < -0.3 is 19.9 Å². The van der Waals surface area contributed by atoms with Gasteiger partial charge in [-0.15, -0.1) is 6.42 Å². The van der Waals surface area contributed by atoms with Crippen molar-refractivity contribution in [1.29, 1.82) is 0 Å². The van der Waals surface area contributed by atoms with Crippen LogP contribution in [0.3, 0.4) is 0 Å². The first kappa shape index (κ1) is 15.4. The second-order valence-corrected chi connectivity index (χ2v) is 4.11. The first-order valence-electron chi connectivity index (χ1n) is 6.33. The molecule has 0 aliphatic rings. The molecule has 0 bridgehead atoms. The Balaban J connectivity index is 2.83. The minimum atomic E-state index is 0.0756. The summed E-state index contributed by atoms with van der Waals surface area (Å²) < 4.78 is 10.8. The molecule has 0 unspecified atom stereocenters. The van der Waals surface area contributed by atoms with Crippen molar-refractivity contribution in [1.82, 2.24) is 5.32 Å². The summed E-state index contributed by atoms with van der Waals surface area (Å²) in [5.74, 6) is 3.76. The maximum atomic E-state index is 9.17. The zero-order chi connectivity index (χ0) is 14.1. The molecule has 4 nitrogen and oxygen atoms in total. The number of benzene rings is 1. The Labute approximate surface area is 114 Å². The number of para-hydroxylation sites is 1. The van der Waals surface area contributed by atoms with E-state index in [1.807, 2.05) is 25.1 Å². The summed E-state index contributed by atoms with van der Waals surface area (Å²) in [4.78, 5) is 0. The van der Waals surface area contributed by atoms with Crippen LogP contribution in [0.4, 0.5) is 0 Å². The fraction of sp³-hybridized carbons (Fsp3) is 0.467. The Morgan fingerprint density at radius 2 is 2.26 bits per heavy atom. The van der Waals surface area contributed by atoms with Crippen LogP contribution < -0.4 is 14.8 Å². The molecule has 1 aromatic rings. The van der Waals surface area contributed by atoms with Crippen LogP contribution in [0.15, 0.2) is 18.2 Å². The van der Waals surface area contributed by atoms with Gasteiger partial charge in [0.1, 0.15) is 6.61 Å². The molecule has 0 aromatic heterocycles. The smallest absolute Gasteiger partial charge is 0.167 e. The van der Waals surface area contributed by atoms with Crippen LogP contribution in [0.1, 0.15) is 18.9 Å². The van der Waals surface area contributed by atoms with Gasteiger partial charge in [0.05, 0.1) is 13.7 Å². The van der Waals surface area contributed by atoms with Gasteiger partial charge in [0, 0.05) is 18.2 Å². The molecule has 0 radical (unpaired) electrons. The summed E-state index contributed by atoms with van der Waals surface area (Å²) in [5.41, 5.74) is 0.960. The van der Waals surface area contributed by atoms with Gasteiger partial charge in [-0.05, 0) is 12.5 Å². The average molecular weight is 263 g/mol. The van der Waals surface area contributed by atoms with Gasteiger partial charge in [0.15, 0.2) is 11.5 Å². The van der Waals surface area contributed by atoms with E-state index >= 15 is 0 Å². The van der Waals surface area contributed by atoms with Crippen molar-refractivity contribution in [2.75, 3.05) is 20.3 Å². The highest BCUT2D eigenvalue weighted by Gasteiger charge is 2.11. The molecule has 0 fully saturated rings. The van der Waals surface area contributed by atoms with Crippen molar-refractivity contribution in [3.05, 3.63) is 23.8 Å². The topological polar surface area (TPSA) is 50.7 Å². The number of aliphatic hydroxyl groups is 1. The van der Waals surface area contributed by atoms with Gasteiger partial charge in [-0.3, -0.25) is 0 Å². The van der Waals surface area contributed by atoms with Gasteiger partial charge in [-0.25, -0.2) is 0 Å². The molecular formula is C15H21NO3. The summed E-state index contributed by atoms with van der Waals surface area (Å²) in [5, 5.41) is 12.4. The van der Waals surface area contributed by atoms with Crippen molar-refractivity contribution in [3.63, 3.8) is 0 Å². The quantitative estimate of drug-likeness (QED) is 0.699. The molecule has 0 saturated carbocycles. The Hall–Kier alpha value is -1.70. The Kier molecular flexibility index (Phi) is 6.80. The molecule has 0 spiro atoms. The SMILES string of the molecule is C#CCOc1c(CN[C@H](CC)CO)cccc1OC. The molecule has 1 rings (SSSR count). The first-order chi connectivity index (χ1) is 9.26. The molecule has 1 aromatic carbocycles. The Morgan fingerprint density at radius 1 is 1.47 bits per heavy atom. The van der Waals surface area contributed by atoms with Crippen LogP contribution in [-0.2, 0) is 6.54 Å². The molecule has 19 heavy (non-hydrogen) atoms. The van der Waals surface area contributed by atoms with Crippen molar-refractivity contribution in [3.8, 4) is 23.8 Å². The number of methoxy groups -OCH3 is 1. The lowest BCUT2D eigenvalue weighted by Crippen LogP contribution is -2.31. The normalized spacial score (nSPS) is 11.7. The van der Waals surface area contributed by atoms with E-state index in [-0.39, 0.29) is 19.3 Å². The van der Waals surface area contributed by atoms with E-state index in [0.717, 1.165) is 12.0 Å². The second kappa shape index (κ2) is 8.41. The predicted octanol–water partition coefficient (Wildman–Crippen LogP) is 1.57. The number of terminal acetylenes is 1. The van der Waals surface area contributed by atoms with E-state index in [0.29, 0.717) is 18.0 Å². The maximum absolute atomic E-state index is 9.17. The van der Waals surface area contributed by atoms with Crippen LogP contribution in [0.5, 0.6) is 11.5 Å². The van der Waals surface area contributed by atoms with E-state index in [1.54, 1.807) is 7.11 Å². The molecule has 104 valence electrons. The lowest BCUT2D eigenvalue weighted by atomic mass is 10.1. The minimum absolute atomic E-state index is 0.0756. The molecule has 1 atom stereocenters. The lowest BCUT2D eigenvalue weighted by molar-refractivity contribution is 0.237. The summed E-state index contributed by atoms with van der Waals surface area (Å²) >= 11 is 0. The van der Waals surface area contributed by atoms with Crippen LogP contribution >= 0.6 is 0 Å². The average Bonchev–Trinajstić information content (AvgIpc) is 2.46. The molecule has 0 amide bonds. The summed E-state index contributed by atoms with van der Waals surface area (Å²) in [6.45, 7) is 2.93. The number of hydrogen-bond acceptors (Lipinski definition) is 4. The number of ether oxygens (including phenoxy) is 2. The minimum Gasteiger partial charge on any atom is -0.493 e. The highest BCUT2D eigenvalue weighted by molar-refractivity contribution is 5.46. The fourth-order valence-corrected chi connectivity index (χ4v) is 1.73. The Morgan fingerprint density at radius 3 is 2.84 bits per heavy atom. The van der Waals surface area contributed by atoms with Crippen LogP contribution in [0.25, 0.3) is 0 Å². The van der Waals surface area contributed by atoms with Crippen LogP contribution in [0.2, 0.25) is 0 Å². The van der Waals surface area contributed by atoms with Crippen molar-refractivity contribution < 1.29 is 14.6 Å². The van der Waals surface area contributed by atoms with Gasteiger partial charge in [0.25, 0.3) is 0 Å². The zero-order valence-electron chi connectivity index (χ0n) is 11.5. The number of nitrogens with one attached hydrogen (secondary N) is 1. The second-order valence-electron chi connectivity index (χ2n) is 4.11. The monoisotopic (exact) mass is 263 g/mol. The molecule has 2 N–H and O–H groups in total. The van der Waals surface area contributed by atoms with Crippen molar-refractivity contribution >= 4 is 0 Å². The standard InChI is InChI=1S/C15H21NO3/c1-4-9-19-15-12(7-6-8-14(15)18-3)10-16-13(5-2)11-17/h1,6-8,13,16-17H,5,9-11H2,2-3H3/t13-/m1/s1. The van der Waals surface area contributed by atoms with Crippen molar-refractivity contribution in [2.24, 2.45) is 0 Å². The van der Waals surface area contributed by atoms with Gasteiger partial charge in [-0.1, -0.05) is 25.0 Å². The van der Waals surface area contributed by atoms with Crippen LogP contribution in [0, 0.1) is 12.3 Å². The fourth-order valence-electron chi connectivity index (χ4n) is 1.73. The molecular weight excluding hydrogens is 242 g/mol. The molecule has 0 aliphatic carbocycles. The summed E-state index contributed by atoms with van der Waals surface area (Å²) in [7, 11) is 1.60. The number of hydrogen-bond donors (Lipinski definition) is 2. The van der Waals surface area contributed by atoms with E-state index < -0.39 is 0 Å². The molecule has 4 heteroatoms.